The SMILES string of the molecule is Cc1cc(CC(NC(=O)N2CCC(N3Cc4ccccc4NC3=O)CC2)C(=O)N2CCC(C3CCN(CC(F)(F)F)CC3)CC2)ccc1Cl. The van der Waals surface area contributed by atoms with Gasteiger partial charge in [0.2, 0.25) is 5.91 Å². The predicted octanol–water partition coefficient (Wildman–Crippen LogP) is 6.29. The number of likely N-dealkylation sites (tertiary alicyclic amines) is 3. The summed E-state index contributed by atoms with van der Waals surface area (Å²) in [5.41, 5.74) is 3.69. The summed E-state index contributed by atoms with van der Waals surface area (Å²) in [6.45, 7) is 4.55. The highest BCUT2D eigenvalue weighted by Crippen LogP contribution is 2.34. The van der Waals surface area contributed by atoms with E-state index >= 15 is 0 Å². The van der Waals surface area contributed by atoms with E-state index in [2.05, 4.69) is 10.6 Å². The van der Waals surface area contributed by atoms with Gasteiger partial charge in [-0.1, -0.05) is 41.9 Å². The number of urea groups is 2. The van der Waals surface area contributed by atoms with E-state index in [9.17, 15) is 27.6 Å². The molecule has 3 fully saturated rings. The van der Waals surface area contributed by atoms with Crippen molar-refractivity contribution in [2.24, 2.45) is 11.8 Å². The number of carbonyl (C=O) groups is 3. The standard InChI is InChI=1S/C36H46ClF3N6O3/c1-24-20-25(6-7-30(24)37)21-32(33(47)44-16-10-27(11-17-44)26-8-14-43(15-9-26)23-36(38,39)40)42-34(48)45-18-12-29(13-19-45)46-22-28-4-2-3-5-31(28)41-35(46)49/h2-7,20,26-27,29,32H,8-19,21-23H2,1H3,(H,41,49)(H,42,48). The molecule has 0 aliphatic carbocycles. The number of benzene rings is 2. The molecule has 9 nitrogen and oxygen atoms in total. The molecule has 4 aliphatic rings. The monoisotopic (exact) mass is 702 g/mol. The van der Waals surface area contributed by atoms with E-state index in [0.717, 1.165) is 48.1 Å². The van der Waals surface area contributed by atoms with E-state index < -0.39 is 18.8 Å². The molecular formula is C36H46ClF3N6O3. The predicted molar refractivity (Wildman–Crippen MR) is 182 cm³/mol. The summed E-state index contributed by atoms with van der Waals surface area (Å²) in [7, 11) is 0. The number of nitrogens with one attached hydrogen (secondary N) is 2. The summed E-state index contributed by atoms with van der Waals surface area (Å²) in [4.78, 5) is 47.4. The maximum absolute atomic E-state index is 14.0. The van der Waals surface area contributed by atoms with Crippen LogP contribution < -0.4 is 10.6 Å². The average Bonchev–Trinajstić information content (AvgIpc) is 3.09. The van der Waals surface area contributed by atoms with Crippen LogP contribution in [0.2, 0.25) is 5.02 Å². The van der Waals surface area contributed by atoms with E-state index in [0.29, 0.717) is 81.9 Å². The number of fused-ring (bicyclic) bond motifs is 1. The van der Waals surface area contributed by atoms with Crippen LogP contribution in [0.5, 0.6) is 0 Å². The van der Waals surface area contributed by atoms with Gasteiger partial charge in [0.05, 0.1) is 6.54 Å². The van der Waals surface area contributed by atoms with Gasteiger partial charge >= 0.3 is 18.2 Å². The van der Waals surface area contributed by atoms with Crippen LogP contribution in [0.4, 0.5) is 28.4 Å². The third-order valence-electron chi connectivity index (χ3n) is 10.9. The van der Waals surface area contributed by atoms with Gasteiger partial charge in [-0.25, -0.2) is 9.59 Å². The summed E-state index contributed by atoms with van der Waals surface area (Å²) in [6, 6.07) is 12.2. The number of aryl methyl sites for hydroxylation is 1. The number of hydrogen-bond acceptors (Lipinski definition) is 4. The van der Waals surface area contributed by atoms with Crippen LogP contribution in [0.3, 0.4) is 0 Å². The van der Waals surface area contributed by atoms with E-state index in [-0.39, 0.29) is 24.0 Å². The van der Waals surface area contributed by atoms with Gasteiger partial charge < -0.3 is 25.3 Å². The summed E-state index contributed by atoms with van der Waals surface area (Å²) in [5.74, 6) is 0.613. The largest absolute Gasteiger partial charge is 0.401 e. The first-order chi connectivity index (χ1) is 23.4. The lowest BCUT2D eigenvalue weighted by Gasteiger charge is -2.42. The van der Waals surface area contributed by atoms with Crippen LogP contribution in [-0.2, 0) is 17.8 Å². The van der Waals surface area contributed by atoms with Crippen molar-refractivity contribution in [3.05, 3.63) is 64.2 Å². The Morgan fingerprint density at radius 3 is 2.20 bits per heavy atom. The Balaban J connectivity index is 1.05. The Hall–Kier alpha value is -3.51. The smallest absolute Gasteiger partial charge is 0.341 e. The number of halogens is 4. The highest BCUT2D eigenvalue weighted by Gasteiger charge is 2.38. The third kappa shape index (κ3) is 8.81. The fourth-order valence-corrected chi connectivity index (χ4v) is 8.17. The van der Waals surface area contributed by atoms with Gasteiger partial charge in [-0.3, -0.25) is 9.69 Å². The highest BCUT2D eigenvalue weighted by molar-refractivity contribution is 6.31. The number of rotatable bonds is 7. The molecule has 4 aliphatic heterocycles. The van der Waals surface area contributed by atoms with Crippen molar-refractivity contribution in [2.45, 2.75) is 76.7 Å². The van der Waals surface area contributed by atoms with E-state index in [4.69, 9.17) is 11.6 Å². The van der Waals surface area contributed by atoms with Crippen LogP contribution in [-0.4, -0.2) is 102 Å². The van der Waals surface area contributed by atoms with Crippen molar-refractivity contribution < 1.29 is 27.6 Å². The van der Waals surface area contributed by atoms with Crippen LogP contribution in [0.25, 0.3) is 0 Å². The minimum absolute atomic E-state index is 0.00468. The molecule has 2 N–H and O–H groups in total. The molecule has 0 radical (unpaired) electrons. The molecule has 0 spiro atoms. The second-order valence-electron chi connectivity index (χ2n) is 14.1. The molecule has 0 saturated carbocycles. The molecule has 4 heterocycles. The van der Waals surface area contributed by atoms with Crippen molar-refractivity contribution in [1.29, 1.82) is 0 Å². The molecule has 2 aromatic carbocycles. The summed E-state index contributed by atoms with van der Waals surface area (Å²) in [6.07, 6.45) is 0.526. The first-order valence-corrected chi connectivity index (χ1v) is 17.8. The lowest BCUT2D eigenvalue weighted by molar-refractivity contribution is -0.149. The van der Waals surface area contributed by atoms with Gasteiger partial charge in [0, 0.05) is 55.9 Å². The molecule has 266 valence electrons. The molecule has 2 aromatic rings. The van der Waals surface area contributed by atoms with Gasteiger partial charge in [-0.2, -0.15) is 13.2 Å². The molecule has 13 heteroatoms. The lowest BCUT2D eigenvalue weighted by atomic mass is 9.78. The normalized spacial score (nSPS) is 20.9. The number of para-hydroxylation sites is 1. The molecule has 49 heavy (non-hydrogen) atoms. The van der Waals surface area contributed by atoms with Gasteiger partial charge in [0.15, 0.2) is 0 Å². The third-order valence-corrected chi connectivity index (χ3v) is 11.3. The van der Waals surface area contributed by atoms with Crippen molar-refractivity contribution >= 4 is 35.3 Å². The average molecular weight is 703 g/mol. The number of alkyl halides is 3. The number of anilines is 1. The lowest BCUT2D eigenvalue weighted by Crippen LogP contribution is -2.57. The summed E-state index contributed by atoms with van der Waals surface area (Å²) < 4.78 is 38.5. The van der Waals surface area contributed by atoms with Crippen LogP contribution in [0.1, 0.15) is 55.2 Å². The van der Waals surface area contributed by atoms with E-state index in [1.165, 1.54) is 4.90 Å². The van der Waals surface area contributed by atoms with Gasteiger partial charge in [-0.15, -0.1) is 0 Å². The number of nitrogens with zero attached hydrogens (tertiary/aromatic N) is 4. The molecule has 3 saturated heterocycles. The van der Waals surface area contributed by atoms with Crippen LogP contribution >= 0.6 is 11.6 Å². The van der Waals surface area contributed by atoms with Crippen molar-refractivity contribution in [2.75, 3.05) is 51.1 Å². The Kier molecular flexibility index (Phi) is 10.9. The Morgan fingerprint density at radius 1 is 0.918 bits per heavy atom. The Bertz CT molecular complexity index is 1500. The molecule has 0 aromatic heterocycles. The molecule has 0 bridgehead atoms. The van der Waals surface area contributed by atoms with Crippen molar-refractivity contribution in [3.8, 4) is 0 Å². The number of carbonyl (C=O) groups excluding carboxylic acids is 3. The maximum atomic E-state index is 14.0. The van der Waals surface area contributed by atoms with Gasteiger partial charge in [0.1, 0.15) is 6.04 Å². The minimum atomic E-state index is -4.18. The fraction of sp³-hybridized carbons (Fsp3) is 0.583. The quantitative estimate of drug-likeness (QED) is 0.355. The van der Waals surface area contributed by atoms with Crippen molar-refractivity contribution in [1.82, 2.24) is 24.9 Å². The molecule has 6 rings (SSSR count). The van der Waals surface area contributed by atoms with Gasteiger partial charge in [0.25, 0.3) is 0 Å². The first kappa shape index (κ1) is 35.3. The first-order valence-electron chi connectivity index (χ1n) is 17.5. The maximum Gasteiger partial charge on any atom is 0.401 e. The van der Waals surface area contributed by atoms with Crippen LogP contribution in [0.15, 0.2) is 42.5 Å². The second kappa shape index (κ2) is 15.2. The van der Waals surface area contributed by atoms with E-state index in [1.54, 1.807) is 11.0 Å². The van der Waals surface area contributed by atoms with Crippen molar-refractivity contribution in [3.63, 3.8) is 0 Å². The zero-order valence-corrected chi connectivity index (χ0v) is 28.7. The topological polar surface area (TPSA) is 88.2 Å². The summed E-state index contributed by atoms with van der Waals surface area (Å²) >= 11 is 6.27. The Labute approximate surface area is 291 Å². The fourth-order valence-electron chi connectivity index (χ4n) is 8.06. The molecule has 5 amide bonds. The zero-order chi connectivity index (χ0) is 34.7. The molecular weight excluding hydrogens is 657 g/mol. The summed E-state index contributed by atoms with van der Waals surface area (Å²) in [5, 5.41) is 6.66. The van der Waals surface area contributed by atoms with Crippen LogP contribution in [0, 0.1) is 18.8 Å². The number of piperidine rings is 3. The number of hydrogen-bond donors (Lipinski definition) is 2. The molecule has 1 unspecified atom stereocenters. The van der Waals surface area contributed by atoms with Gasteiger partial charge in [-0.05, 0) is 99.2 Å². The molecule has 1 atom stereocenters. The second-order valence-corrected chi connectivity index (χ2v) is 14.5. The number of amides is 5. The Morgan fingerprint density at radius 2 is 1.55 bits per heavy atom. The van der Waals surface area contributed by atoms with E-state index in [1.807, 2.05) is 53.1 Å². The zero-order valence-electron chi connectivity index (χ0n) is 28.0. The minimum Gasteiger partial charge on any atom is -0.341 e. The highest BCUT2D eigenvalue weighted by atomic mass is 35.5.